The highest BCUT2D eigenvalue weighted by Gasteiger charge is 2.22. The van der Waals surface area contributed by atoms with Crippen molar-refractivity contribution in [2.45, 2.75) is 18.7 Å². The summed E-state index contributed by atoms with van der Waals surface area (Å²) in [6.07, 6.45) is 0. The number of ether oxygens (including phenoxy) is 1. The molecule has 3 aromatic carbocycles. The number of methoxy groups -OCH3 is 1. The lowest BCUT2D eigenvalue weighted by molar-refractivity contribution is 0.0985. The third-order valence-electron chi connectivity index (χ3n) is 5.99. The molecule has 0 aliphatic heterocycles. The van der Waals surface area contributed by atoms with Crippen LogP contribution in [0.15, 0.2) is 65.6 Å². The number of carbonyl (C=O) groups excluding carboxylic acids is 1. The first kappa shape index (κ1) is 26.6. The van der Waals surface area contributed by atoms with Crippen LogP contribution in [0.5, 0.6) is 5.75 Å². The molecular weight excluding hydrogens is 508 g/mol. The maximum absolute atomic E-state index is 13.6. The topological polar surface area (TPSA) is 91.8 Å². The van der Waals surface area contributed by atoms with E-state index in [1.807, 2.05) is 32.0 Å². The van der Waals surface area contributed by atoms with Crippen LogP contribution in [0.2, 0.25) is 0 Å². The van der Waals surface area contributed by atoms with Crippen molar-refractivity contribution in [3.63, 3.8) is 0 Å². The first-order valence-electron chi connectivity index (χ1n) is 11.7. The molecule has 1 amide bonds. The van der Waals surface area contributed by atoms with E-state index in [0.717, 1.165) is 15.8 Å². The van der Waals surface area contributed by atoms with Crippen LogP contribution in [-0.4, -0.2) is 58.5 Å². The number of anilines is 2. The number of carbonyl (C=O) groups is 1. The number of benzene rings is 3. The molecule has 1 aromatic heterocycles. The fourth-order valence-corrected chi connectivity index (χ4v) is 5.80. The highest BCUT2D eigenvalue weighted by Crippen LogP contribution is 2.32. The van der Waals surface area contributed by atoms with Gasteiger partial charge in [0.2, 0.25) is 0 Å². The minimum absolute atomic E-state index is 0.115. The number of hydrogen-bond acceptors (Lipinski definition) is 7. The van der Waals surface area contributed by atoms with E-state index in [0.29, 0.717) is 35.2 Å². The van der Waals surface area contributed by atoms with Crippen molar-refractivity contribution >= 4 is 48.3 Å². The third-order valence-corrected chi connectivity index (χ3v) is 8.43. The van der Waals surface area contributed by atoms with Gasteiger partial charge in [-0.15, -0.1) is 0 Å². The quantitative estimate of drug-likeness (QED) is 0.325. The average Bonchev–Trinajstić information content (AvgIpc) is 3.26. The van der Waals surface area contributed by atoms with Gasteiger partial charge in [-0.05, 0) is 99.7 Å². The Labute approximate surface area is 221 Å². The molecule has 0 atom stereocenters. The smallest absolute Gasteiger partial charge is 0.261 e. The lowest BCUT2D eigenvalue weighted by Gasteiger charge is -2.22. The number of amides is 1. The SMILES string of the molecule is COc1ccc(S(=O)(=O)Nc2ccc(C(=O)N(CCN(C)C)c3nc4cc(C)c(C)cc4s3)cc2)cc1. The number of hydrogen-bond donors (Lipinski definition) is 1. The Kier molecular flexibility index (Phi) is 7.82. The van der Waals surface area contributed by atoms with Gasteiger partial charge >= 0.3 is 0 Å². The highest BCUT2D eigenvalue weighted by atomic mass is 32.2. The Bertz CT molecular complexity index is 1470. The van der Waals surface area contributed by atoms with Gasteiger partial charge in [-0.2, -0.15) is 0 Å². The van der Waals surface area contributed by atoms with E-state index in [1.165, 1.54) is 36.1 Å². The summed E-state index contributed by atoms with van der Waals surface area (Å²) in [4.78, 5) is 22.1. The van der Waals surface area contributed by atoms with Crippen LogP contribution in [0.1, 0.15) is 21.5 Å². The van der Waals surface area contributed by atoms with Crippen LogP contribution in [0.4, 0.5) is 10.8 Å². The van der Waals surface area contributed by atoms with Crippen molar-refractivity contribution in [3.05, 3.63) is 77.4 Å². The molecule has 0 fully saturated rings. The molecule has 0 aliphatic rings. The van der Waals surface area contributed by atoms with Crippen molar-refractivity contribution in [3.8, 4) is 5.75 Å². The lowest BCUT2D eigenvalue weighted by Crippen LogP contribution is -2.36. The number of aryl methyl sites for hydroxylation is 2. The maximum atomic E-state index is 13.6. The summed E-state index contributed by atoms with van der Waals surface area (Å²) in [5.74, 6) is 0.373. The first-order valence-corrected chi connectivity index (χ1v) is 14.0. The predicted octanol–water partition coefficient (Wildman–Crippen LogP) is 4.93. The van der Waals surface area contributed by atoms with E-state index in [2.05, 4.69) is 17.7 Å². The van der Waals surface area contributed by atoms with Crippen molar-refractivity contribution in [2.24, 2.45) is 0 Å². The molecule has 10 heteroatoms. The summed E-state index contributed by atoms with van der Waals surface area (Å²) in [5.41, 5.74) is 4.01. The van der Waals surface area contributed by atoms with Crippen molar-refractivity contribution in [1.29, 1.82) is 0 Å². The minimum atomic E-state index is -3.79. The Balaban J connectivity index is 1.57. The highest BCUT2D eigenvalue weighted by molar-refractivity contribution is 7.92. The fourth-order valence-electron chi connectivity index (χ4n) is 3.67. The predicted molar refractivity (Wildman–Crippen MR) is 150 cm³/mol. The molecule has 37 heavy (non-hydrogen) atoms. The van der Waals surface area contributed by atoms with E-state index in [9.17, 15) is 13.2 Å². The van der Waals surface area contributed by atoms with Gasteiger partial charge in [-0.3, -0.25) is 14.4 Å². The minimum Gasteiger partial charge on any atom is -0.497 e. The number of nitrogens with one attached hydrogen (secondary N) is 1. The molecule has 0 aliphatic carbocycles. The van der Waals surface area contributed by atoms with Crippen molar-refractivity contribution < 1.29 is 17.9 Å². The van der Waals surface area contributed by atoms with E-state index in [-0.39, 0.29) is 10.8 Å². The Morgan fingerprint density at radius 1 is 0.973 bits per heavy atom. The number of likely N-dealkylation sites (N-methyl/N-ethyl adjacent to an activating group) is 1. The van der Waals surface area contributed by atoms with Crippen LogP contribution in [0.25, 0.3) is 10.2 Å². The molecule has 194 valence electrons. The zero-order valence-corrected chi connectivity index (χ0v) is 23.1. The summed E-state index contributed by atoms with van der Waals surface area (Å²) in [5, 5.41) is 0.635. The van der Waals surface area contributed by atoms with Gasteiger partial charge in [0.15, 0.2) is 5.13 Å². The molecule has 1 N–H and O–H groups in total. The molecule has 4 rings (SSSR count). The number of rotatable bonds is 9. The van der Waals surface area contributed by atoms with Crippen molar-refractivity contribution in [2.75, 3.05) is 43.9 Å². The maximum Gasteiger partial charge on any atom is 0.261 e. The molecule has 0 saturated heterocycles. The molecule has 4 aromatic rings. The van der Waals surface area contributed by atoms with Crippen LogP contribution in [-0.2, 0) is 10.0 Å². The third kappa shape index (κ3) is 6.10. The molecule has 1 heterocycles. The molecule has 0 spiro atoms. The number of sulfonamides is 1. The Morgan fingerprint density at radius 3 is 2.24 bits per heavy atom. The monoisotopic (exact) mass is 538 g/mol. The van der Waals surface area contributed by atoms with Gasteiger partial charge < -0.3 is 9.64 Å². The van der Waals surface area contributed by atoms with E-state index < -0.39 is 10.0 Å². The van der Waals surface area contributed by atoms with Gasteiger partial charge in [-0.1, -0.05) is 11.3 Å². The molecular formula is C27H30N4O4S2. The Morgan fingerprint density at radius 2 is 1.62 bits per heavy atom. The largest absolute Gasteiger partial charge is 0.497 e. The zero-order valence-electron chi connectivity index (χ0n) is 21.5. The number of fused-ring (bicyclic) bond motifs is 1. The first-order chi connectivity index (χ1) is 17.6. The summed E-state index contributed by atoms with van der Waals surface area (Å²) >= 11 is 1.49. The molecule has 0 unspecified atom stereocenters. The van der Waals surface area contributed by atoms with Crippen LogP contribution >= 0.6 is 11.3 Å². The molecule has 8 nitrogen and oxygen atoms in total. The standard InChI is InChI=1S/C27H30N4O4S2/c1-18-16-24-25(17-19(18)2)36-27(28-24)31(15-14-30(3)4)26(32)20-6-8-21(9-7-20)29-37(33,34)23-12-10-22(35-5)11-13-23/h6-13,16-17,29H,14-15H2,1-5H3. The molecule has 0 saturated carbocycles. The van der Waals surface area contributed by atoms with Gasteiger partial charge in [0.25, 0.3) is 15.9 Å². The van der Waals surface area contributed by atoms with Gasteiger partial charge in [-0.25, -0.2) is 13.4 Å². The normalized spacial score (nSPS) is 11.6. The van der Waals surface area contributed by atoms with Crippen LogP contribution in [0.3, 0.4) is 0 Å². The second-order valence-electron chi connectivity index (χ2n) is 9.02. The number of thiazole rings is 1. The number of nitrogens with zero attached hydrogens (tertiary/aromatic N) is 3. The summed E-state index contributed by atoms with van der Waals surface area (Å²) in [6, 6.07) is 16.7. The second-order valence-corrected chi connectivity index (χ2v) is 11.7. The van der Waals surface area contributed by atoms with E-state index >= 15 is 0 Å². The second kappa shape index (κ2) is 10.9. The van der Waals surface area contributed by atoms with E-state index in [1.54, 1.807) is 41.3 Å². The van der Waals surface area contributed by atoms with Gasteiger partial charge in [0.05, 0.1) is 22.2 Å². The summed E-state index contributed by atoms with van der Waals surface area (Å²) in [7, 11) is 1.64. The molecule has 0 bridgehead atoms. The van der Waals surface area contributed by atoms with Crippen LogP contribution in [0, 0.1) is 13.8 Å². The summed E-state index contributed by atoms with van der Waals surface area (Å²) < 4.78 is 34.2. The van der Waals surface area contributed by atoms with Crippen LogP contribution < -0.4 is 14.4 Å². The fraction of sp³-hybridized carbons (Fsp3) is 0.259. The summed E-state index contributed by atoms with van der Waals surface area (Å²) in [6.45, 7) is 5.25. The number of aromatic nitrogens is 1. The Hall–Kier alpha value is -3.47. The molecule has 0 radical (unpaired) electrons. The van der Waals surface area contributed by atoms with E-state index in [4.69, 9.17) is 9.72 Å². The van der Waals surface area contributed by atoms with Crippen molar-refractivity contribution in [1.82, 2.24) is 9.88 Å². The zero-order chi connectivity index (χ0) is 26.7. The average molecular weight is 539 g/mol. The lowest BCUT2D eigenvalue weighted by atomic mass is 10.1. The van der Waals surface area contributed by atoms with Gasteiger partial charge in [0, 0.05) is 24.3 Å². The van der Waals surface area contributed by atoms with Gasteiger partial charge in [0.1, 0.15) is 5.75 Å².